The van der Waals surface area contributed by atoms with Gasteiger partial charge in [0, 0.05) is 32.2 Å². The van der Waals surface area contributed by atoms with E-state index in [0.29, 0.717) is 18.0 Å². The summed E-state index contributed by atoms with van der Waals surface area (Å²) in [5, 5.41) is 0. The molecule has 2 heterocycles. The highest BCUT2D eigenvalue weighted by Gasteiger charge is 2.08. The van der Waals surface area contributed by atoms with E-state index in [4.69, 9.17) is 4.42 Å². The molecule has 0 radical (unpaired) electrons. The Bertz CT molecular complexity index is 1040. The topological polar surface area (TPSA) is 75.0 Å². The second-order valence-corrected chi connectivity index (χ2v) is 6.42. The maximum atomic E-state index is 12.3. The number of likely N-dealkylation sites (N-methyl/N-ethyl adjacent to an activating group) is 1. The number of carbonyl (C=O) groups is 1. The zero-order valence-electron chi connectivity index (χ0n) is 15.1. The van der Waals surface area contributed by atoms with Crippen molar-refractivity contribution in [2.45, 2.75) is 12.8 Å². The smallest absolute Gasteiger partial charge is 0.246 e. The summed E-state index contributed by atoms with van der Waals surface area (Å²) in [6.07, 6.45) is 4.73. The van der Waals surface area contributed by atoms with Crippen molar-refractivity contribution in [3.05, 3.63) is 66.3 Å². The molecule has 0 spiro atoms. The molecule has 0 aliphatic heterocycles. The maximum Gasteiger partial charge on any atom is 0.246 e. The number of rotatable bonds is 6. The fourth-order valence-corrected chi connectivity index (χ4v) is 2.95. The number of amides is 1. The standard InChI is InChI=1S/C21H20N4O2/c1-25(14-6-11-19-22-15-7-2-3-8-16(15)23-19)21(26)13-12-20-24-17-9-4-5-10-18(17)27-20/h2-5,7-10,12-13H,6,11,14H2,1H3,(H,22,23)/b13-12+. The molecule has 0 atom stereocenters. The zero-order chi connectivity index (χ0) is 18.6. The highest BCUT2D eigenvalue weighted by Crippen LogP contribution is 2.15. The van der Waals surface area contributed by atoms with Crippen LogP contribution in [0.1, 0.15) is 18.1 Å². The summed E-state index contributed by atoms with van der Waals surface area (Å²) in [7, 11) is 1.79. The van der Waals surface area contributed by atoms with Gasteiger partial charge in [-0.1, -0.05) is 24.3 Å². The summed E-state index contributed by atoms with van der Waals surface area (Å²) in [5.41, 5.74) is 3.50. The lowest BCUT2D eigenvalue weighted by Gasteiger charge is -2.14. The van der Waals surface area contributed by atoms with Gasteiger partial charge < -0.3 is 14.3 Å². The largest absolute Gasteiger partial charge is 0.437 e. The average Bonchev–Trinajstić information content (AvgIpc) is 3.28. The van der Waals surface area contributed by atoms with E-state index in [1.807, 2.05) is 48.5 Å². The van der Waals surface area contributed by atoms with Crippen LogP contribution in [0.5, 0.6) is 0 Å². The summed E-state index contributed by atoms with van der Waals surface area (Å²) in [6, 6.07) is 15.5. The number of para-hydroxylation sites is 4. The lowest BCUT2D eigenvalue weighted by Crippen LogP contribution is -2.26. The molecule has 1 amide bonds. The molecule has 0 aliphatic carbocycles. The van der Waals surface area contributed by atoms with E-state index in [0.717, 1.165) is 35.2 Å². The first-order valence-electron chi connectivity index (χ1n) is 8.91. The van der Waals surface area contributed by atoms with Crippen LogP contribution in [0, 0.1) is 0 Å². The van der Waals surface area contributed by atoms with E-state index in [-0.39, 0.29) is 5.91 Å². The number of imidazole rings is 1. The molecule has 0 fully saturated rings. The van der Waals surface area contributed by atoms with E-state index in [9.17, 15) is 4.79 Å². The second kappa shape index (κ2) is 7.45. The third-order valence-electron chi connectivity index (χ3n) is 4.40. The van der Waals surface area contributed by atoms with Crippen LogP contribution in [-0.4, -0.2) is 39.4 Å². The van der Waals surface area contributed by atoms with Gasteiger partial charge in [0.25, 0.3) is 0 Å². The number of oxazole rings is 1. The first kappa shape index (κ1) is 17.0. The second-order valence-electron chi connectivity index (χ2n) is 6.42. The van der Waals surface area contributed by atoms with Crippen LogP contribution < -0.4 is 0 Å². The molecule has 27 heavy (non-hydrogen) atoms. The van der Waals surface area contributed by atoms with Gasteiger partial charge in [0.05, 0.1) is 11.0 Å². The zero-order valence-corrected chi connectivity index (χ0v) is 15.1. The predicted octanol–water partition coefficient (Wildman–Crippen LogP) is 3.81. The van der Waals surface area contributed by atoms with Crippen LogP contribution >= 0.6 is 0 Å². The number of aromatic nitrogens is 3. The van der Waals surface area contributed by atoms with E-state index < -0.39 is 0 Å². The van der Waals surface area contributed by atoms with Crippen LogP contribution in [0.2, 0.25) is 0 Å². The number of aromatic amines is 1. The molecule has 0 bridgehead atoms. The van der Waals surface area contributed by atoms with Crippen LogP contribution in [-0.2, 0) is 11.2 Å². The molecular formula is C21H20N4O2. The van der Waals surface area contributed by atoms with E-state index in [2.05, 4.69) is 15.0 Å². The van der Waals surface area contributed by atoms with Gasteiger partial charge in [-0.05, 0) is 30.7 Å². The molecule has 4 rings (SSSR count). The number of aryl methyl sites for hydroxylation is 1. The Morgan fingerprint density at radius 1 is 1.11 bits per heavy atom. The summed E-state index contributed by atoms with van der Waals surface area (Å²) in [6.45, 7) is 0.647. The molecule has 0 aliphatic rings. The minimum atomic E-state index is -0.0816. The van der Waals surface area contributed by atoms with Crippen molar-refractivity contribution in [2.24, 2.45) is 0 Å². The third-order valence-corrected chi connectivity index (χ3v) is 4.40. The van der Waals surface area contributed by atoms with Gasteiger partial charge in [-0.15, -0.1) is 0 Å². The number of nitrogens with one attached hydrogen (secondary N) is 1. The highest BCUT2D eigenvalue weighted by molar-refractivity contribution is 5.91. The predicted molar refractivity (Wildman–Crippen MR) is 105 cm³/mol. The van der Waals surface area contributed by atoms with Gasteiger partial charge in [0.15, 0.2) is 5.58 Å². The van der Waals surface area contributed by atoms with Gasteiger partial charge >= 0.3 is 0 Å². The third kappa shape index (κ3) is 3.89. The fraction of sp³-hybridized carbons (Fsp3) is 0.190. The Balaban J connectivity index is 1.30. The molecule has 6 nitrogen and oxygen atoms in total. The van der Waals surface area contributed by atoms with Crippen molar-refractivity contribution in [2.75, 3.05) is 13.6 Å². The van der Waals surface area contributed by atoms with Gasteiger partial charge in [0.1, 0.15) is 11.3 Å². The molecule has 1 N–H and O–H groups in total. The Hall–Kier alpha value is -3.41. The van der Waals surface area contributed by atoms with E-state index in [1.165, 1.54) is 6.08 Å². The number of H-pyrrole nitrogens is 1. The van der Waals surface area contributed by atoms with Gasteiger partial charge in [-0.2, -0.15) is 0 Å². The number of benzene rings is 2. The van der Waals surface area contributed by atoms with E-state index >= 15 is 0 Å². The molecule has 0 saturated carbocycles. The van der Waals surface area contributed by atoms with Gasteiger partial charge in [0.2, 0.25) is 11.8 Å². The quantitative estimate of drug-likeness (QED) is 0.531. The summed E-state index contributed by atoms with van der Waals surface area (Å²) >= 11 is 0. The summed E-state index contributed by atoms with van der Waals surface area (Å²) in [5.74, 6) is 1.29. The molecule has 4 aromatic rings. The lowest BCUT2D eigenvalue weighted by atomic mass is 10.3. The first-order chi connectivity index (χ1) is 13.2. The summed E-state index contributed by atoms with van der Waals surface area (Å²) in [4.78, 5) is 26.1. The number of hydrogen-bond acceptors (Lipinski definition) is 4. The number of hydrogen-bond donors (Lipinski definition) is 1. The molecule has 0 unspecified atom stereocenters. The van der Waals surface area contributed by atoms with Crippen molar-refractivity contribution in [3.8, 4) is 0 Å². The fourth-order valence-electron chi connectivity index (χ4n) is 2.95. The van der Waals surface area contributed by atoms with E-state index in [1.54, 1.807) is 18.0 Å². The first-order valence-corrected chi connectivity index (χ1v) is 8.91. The monoisotopic (exact) mass is 360 g/mol. The van der Waals surface area contributed by atoms with Crippen molar-refractivity contribution in [1.29, 1.82) is 0 Å². The number of carbonyl (C=O) groups excluding carboxylic acids is 1. The number of nitrogens with zero attached hydrogens (tertiary/aromatic N) is 3. The van der Waals surface area contributed by atoms with Crippen molar-refractivity contribution in [1.82, 2.24) is 19.9 Å². The maximum absolute atomic E-state index is 12.3. The molecule has 2 aromatic heterocycles. The molecule has 136 valence electrons. The minimum absolute atomic E-state index is 0.0816. The Morgan fingerprint density at radius 3 is 2.70 bits per heavy atom. The Labute approximate surface area is 156 Å². The Morgan fingerprint density at radius 2 is 1.89 bits per heavy atom. The van der Waals surface area contributed by atoms with Crippen molar-refractivity contribution >= 4 is 34.1 Å². The Kier molecular flexibility index (Phi) is 4.70. The molecular weight excluding hydrogens is 340 g/mol. The molecule has 0 saturated heterocycles. The summed E-state index contributed by atoms with van der Waals surface area (Å²) < 4.78 is 5.58. The lowest BCUT2D eigenvalue weighted by molar-refractivity contribution is -0.124. The van der Waals surface area contributed by atoms with Gasteiger partial charge in [-0.25, -0.2) is 9.97 Å². The normalized spacial score (nSPS) is 11.6. The van der Waals surface area contributed by atoms with Crippen molar-refractivity contribution < 1.29 is 9.21 Å². The van der Waals surface area contributed by atoms with Crippen molar-refractivity contribution in [3.63, 3.8) is 0 Å². The van der Waals surface area contributed by atoms with Gasteiger partial charge in [-0.3, -0.25) is 4.79 Å². The minimum Gasteiger partial charge on any atom is -0.437 e. The van der Waals surface area contributed by atoms with Crippen LogP contribution in [0.15, 0.2) is 59.0 Å². The highest BCUT2D eigenvalue weighted by atomic mass is 16.3. The molecule has 2 aromatic carbocycles. The molecule has 6 heteroatoms. The van der Waals surface area contributed by atoms with Crippen LogP contribution in [0.25, 0.3) is 28.2 Å². The number of fused-ring (bicyclic) bond motifs is 2. The average molecular weight is 360 g/mol. The van der Waals surface area contributed by atoms with Crippen LogP contribution in [0.3, 0.4) is 0 Å². The SMILES string of the molecule is CN(CCCc1nc2ccccc2[nH]1)C(=O)/C=C/c1nc2ccccc2o1. The van der Waals surface area contributed by atoms with Crippen LogP contribution in [0.4, 0.5) is 0 Å².